The Kier molecular flexibility index (Phi) is 8.00. The first-order valence-electron chi connectivity index (χ1n) is 10.4. The van der Waals surface area contributed by atoms with Gasteiger partial charge in [0.25, 0.3) is 0 Å². The van der Waals surface area contributed by atoms with Crippen molar-refractivity contribution in [3.8, 4) is 11.5 Å². The van der Waals surface area contributed by atoms with Gasteiger partial charge in [0.05, 0.1) is 13.2 Å². The second kappa shape index (κ2) is 11.2. The molecule has 0 bridgehead atoms. The van der Waals surface area contributed by atoms with Gasteiger partial charge in [-0.3, -0.25) is 0 Å². The molecule has 152 valence electrons. The van der Waals surface area contributed by atoms with E-state index in [1.165, 1.54) is 5.56 Å². The first-order chi connectivity index (χ1) is 14.2. The van der Waals surface area contributed by atoms with Crippen molar-refractivity contribution in [2.24, 2.45) is 5.92 Å². The normalized spacial score (nSPS) is 10.7. The van der Waals surface area contributed by atoms with Crippen LogP contribution in [0.5, 0.6) is 11.5 Å². The largest absolute Gasteiger partial charge is 0.494 e. The van der Waals surface area contributed by atoms with Gasteiger partial charge in [-0.25, -0.2) is 0 Å². The predicted molar refractivity (Wildman–Crippen MR) is 121 cm³/mol. The Morgan fingerprint density at radius 3 is 2.45 bits per heavy atom. The molecule has 0 saturated carbocycles. The zero-order chi connectivity index (χ0) is 20.3. The molecular formula is C26H31NO2. The highest BCUT2D eigenvalue weighted by Crippen LogP contribution is 2.22. The van der Waals surface area contributed by atoms with Crippen molar-refractivity contribution >= 4 is 5.69 Å². The van der Waals surface area contributed by atoms with Crippen molar-refractivity contribution in [1.29, 1.82) is 0 Å². The second-order valence-electron chi connectivity index (χ2n) is 7.63. The Morgan fingerprint density at radius 1 is 0.828 bits per heavy atom. The molecule has 3 heteroatoms. The molecule has 0 amide bonds. The number of rotatable bonds is 11. The van der Waals surface area contributed by atoms with Crippen LogP contribution >= 0.6 is 0 Å². The van der Waals surface area contributed by atoms with E-state index in [-0.39, 0.29) is 0 Å². The van der Waals surface area contributed by atoms with E-state index < -0.39 is 0 Å². The van der Waals surface area contributed by atoms with E-state index in [4.69, 9.17) is 9.47 Å². The zero-order valence-corrected chi connectivity index (χ0v) is 17.4. The maximum absolute atomic E-state index is 5.95. The molecule has 3 rings (SSSR count). The van der Waals surface area contributed by atoms with E-state index in [9.17, 15) is 0 Å². The number of anilines is 1. The van der Waals surface area contributed by atoms with Crippen LogP contribution in [0.1, 0.15) is 31.4 Å². The van der Waals surface area contributed by atoms with Crippen LogP contribution in [0.2, 0.25) is 0 Å². The minimum absolute atomic E-state index is 0.506. The van der Waals surface area contributed by atoms with Gasteiger partial charge in [-0.1, -0.05) is 68.4 Å². The third kappa shape index (κ3) is 7.19. The lowest BCUT2D eigenvalue weighted by atomic mass is 10.1. The summed E-state index contributed by atoms with van der Waals surface area (Å²) in [6, 6.07) is 26.9. The highest BCUT2D eigenvalue weighted by atomic mass is 16.5. The highest BCUT2D eigenvalue weighted by Gasteiger charge is 2.05. The average Bonchev–Trinajstić information content (AvgIpc) is 2.75. The SMILES string of the molecule is CC(C)COc1ccccc1CNc1cccc(OCCCc2ccccc2)c1. The van der Waals surface area contributed by atoms with Crippen molar-refractivity contribution in [3.05, 3.63) is 90.0 Å². The Balaban J connectivity index is 1.49. The van der Waals surface area contributed by atoms with Crippen LogP contribution in [0.15, 0.2) is 78.9 Å². The summed E-state index contributed by atoms with van der Waals surface area (Å²) in [4.78, 5) is 0. The molecular weight excluding hydrogens is 358 g/mol. The van der Waals surface area contributed by atoms with Gasteiger partial charge in [0.2, 0.25) is 0 Å². The number of hydrogen-bond acceptors (Lipinski definition) is 3. The van der Waals surface area contributed by atoms with E-state index in [1.807, 2.05) is 36.4 Å². The van der Waals surface area contributed by atoms with E-state index in [1.54, 1.807) is 0 Å². The van der Waals surface area contributed by atoms with Crippen LogP contribution < -0.4 is 14.8 Å². The van der Waals surface area contributed by atoms with Gasteiger partial charge >= 0.3 is 0 Å². The molecule has 0 heterocycles. The lowest BCUT2D eigenvalue weighted by Gasteiger charge is -2.14. The van der Waals surface area contributed by atoms with Crippen LogP contribution in [-0.2, 0) is 13.0 Å². The molecule has 0 unspecified atom stereocenters. The van der Waals surface area contributed by atoms with Gasteiger partial charge in [-0.05, 0) is 42.5 Å². The summed E-state index contributed by atoms with van der Waals surface area (Å²) in [6.07, 6.45) is 2.04. The van der Waals surface area contributed by atoms with E-state index in [0.29, 0.717) is 19.1 Å². The summed E-state index contributed by atoms with van der Waals surface area (Å²) in [6.45, 7) is 6.47. The molecule has 3 nitrogen and oxygen atoms in total. The number of hydrogen-bond donors (Lipinski definition) is 1. The number of nitrogens with one attached hydrogen (secondary N) is 1. The van der Waals surface area contributed by atoms with E-state index in [2.05, 4.69) is 61.6 Å². The third-order valence-corrected chi connectivity index (χ3v) is 4.58. The molecule has 3 aromatic carbocycles. The summed E-state index contributed by atoms with van der Waals surface area (Å²) in [5.74, 6) is 2.35. The maximum atomic E-state index is 5.95. The van der Waals surface area contributed by atoms with Crippen LogP contribution in [0.25, 0.3) is 0 Å². The van der Waals surface area contributed by atoms with Crippen molar-refractivity contribution in [1.82, 2.24) is 0 Å². The topological polar surface area (TPSA) is 30.5 Å². The summed E-state index contributed by atoms with van der Waals surface area (Å²) >= 11 is 0. The van der Waals surface area contributed by atoms with Crippen LogP contribution in [0, 0.1) is 5.92 Å². The Labute approximate surface area is 174 Å². The zero-order valence-electron chi connectivity index (χ0n) is 17.4. The molecule has 0 radical (unpaired) electrons. The minimum atomic E-state index is 0.506. The monoisotopic (exact) mass is 389 g/mol. The van der Waals surface area contributed by atoms with Crippen molar-refractivity contribution in [3.63, 3.8) is 0 Å². The van der Waals surface area contributed by atoms with Crippen molar-refractivity contribution in [2.75, 3.05) is 18.5 Å². The second-order valence-corrected chi connectivity index (χ2v) is 7.63. The Morgan fingerprint density at radius 2 is 1.62 bits per heavy atom. The van der Waals surface area contributed by atoms with E-state index >= 15 is 0 Å². The van der Waals surface area contributed by atoms with Gasteiger partial charge in [0, 0.05) is 23.9 Å². The number of benzene rings is 3. The first kappa shape index (κ1) is 20.8. The van der Waals surface area contributed by atoms with Crippen LogP contribution in [0.3, 0.4) is 0 Å². The average molecular weight is 390 g/mol. The molecule has 0 aliphatic heterocycles. The molecule has 0 aromatic heterocycles. The Bertz CT molecular complexity index is 861. The van der Waals surface area contributed by atoms with Crippen LogP contribution in [-0.4, -0.2) is 13.2 Å². The van der Waals surface area contributed by atoms with Crippen molar-refractivity contribution < 1.29 is 9.47 Å². The molecule has 29 heavy (non-hydrogen) atoms. The van der Waals surface area contributed by atoms with Gasteiger partial charge in [0.15, 0.2) is 0 Å². The minimum Gasteiger partial charge on any atom is -0.494 e. The number of ether oxygens (including phenoxy) is 2. The molecule has 0 atom stereocenters. The molecule has 0 aliphatic carbocycles. The highest BCUT2D eigenvalue weighted by molar-refractivity contribution is 5.49. The predicted octanol–water partition coefficient (Wildman–Crippen LogP) is 6.35. The molecule has 0 spiro atoms. The molecule has 3 aromatic rings. The summed E-state index contributed by atoms with van der Waals surface area (Å²) in [5, 5.41) is 3.49. The van der Waals surface area contributed by atoms with E-state index in [0.717, 1.165) is 42.2 Å². The van der Waals surface area contributed by atoms with Gasteiger partial charge in [-0.2, -0.15) is 0 Å². The quantitative estimate of drug-likeness (QED) is 0.388. The van der Waals surface area contributed by atoms with Gasteiger partial charge < -0.3 is 14.8 Å². The first-order valence-corrected chi connectivity index (χ1v) is 10.4. The fraction of sp³-hybridized carbons (Fsp3) is 0.308. The van der Waals surface area contributed by atoms with Gasteiger partial charge in [-0.15, -0.1) is 0 Å². The summed E-state index contributed by atoms with van der Waals surface area (Å²) in [7, 11) is 0. The summed E-state index contributed by atoms with van der Waals surface area (Å²) < 4.78 is 11.9. The number of para-hydroxylation sites is 1. The smallest absolute Gasteiger partial charge is 0.124 e. The molecule has 0 aliphatic rings. The lowest BCUT2D eigenvalue weighted by molar-refractivity contribution is 0.269. The fourth-order valence-corrected chi connectivity index (χ4v) is 3.05. The Hall–Kier alpha value is -2.94. The van der Waals surface area contributed by atoms with Crippen LogP contribution in [0.4, 0.5) is 5.69 Å². The van der Waals surface area contributed by atoms with Gasteiger partial charge in [0.1, 0.15) is 11.5 Å². The third-order valence-electron chi connectivity index (χ3n) is 4.58. The molecule has 0 fully saturated rings. The van der Waals surface area contributed by atoms with Crippen molar-refractivity contribution in [2.45, 2.75) is 33.2 Å². The lowest BCUT2D eigenvalue weighted by Crippen LogP contribution is -2.08. The number of aryl methyl sites for hydroxylation is 1. The maximum Gasteiger partial charge on any atom is 0.124 e. The fourth-order valence-electron chi connectivity index (χ4n) is 3.05. The molecule has 0 saturated heterocycles. The molecule has 1 N–H and O–H groups in total. The standard InChI is InChI=1S/C26H31NO2/c1-21(2)20-29-26-16-7-6-13-23(26)19-27-24-14-8-15-25(18-24)28-17-9-12-22-10-4-3-5-11-22/h3-8,10-11,13-16,18,21,27H,9,12,17,19-20H2,1-2H3. The summed E-state index contributed by atoms with van der Waals surface area (Å²) in [5.41, 5.74) is 3.55.